The lowest BCUT2D eigenvalue weighted by molar-refractivity contribution is -0.142. The molecule has 0 aromatic heterocycles. The van der Waals surface area contributed by atoms with Gasteiger partial charge in [0.15, 0.2) is 11.9 Å². The minimum absolute atomic E-state index is 0.0320. The van der Waals surface area contributed by atoms with Gasteiger partial charge >= 0.3 is 5.97 Å². The molecule has 0 fully saturated rings. The Morgan fingerprint density at radius 2 is 1.10 bits per heavy atom. The fourth-order valence-corrected chi connectivity index (χ4v) is 3.55. The Labute approximate surface area is 238 Å². The molecule has 0 aliphatic heterocycles. The molecule has 4 unspecified atom stereocenters. The smallest absolute Gasteiger partial charge is 0.326 e. The van der Waals surface area contributed by atoms with Crippen molar-refractivity contribution in [2.24, 2.45) is 50.1 Å². The highest BCUT2D eigenvalue weighted by Gasteiger charge is 2.30. The van der Waals surface area contributed by atoms with E-state index in [1.807, 2.05) is 0 Å². The number of amides is 4. The van der Waals surface area contributed by atoms with Crippen molar-refractivity contribution < 1.29 is 29.1 Å². The van der Waals surface area contributed by atoms with Crippen LogP contribution in [0, 0.1) is 0 Å². The van der Waals surface area contributed by atoms with Gasteiger partial charge in [0.05, 0.1) is 6.04 Å². The number of aliphatic imine (C=N–C) groups is 2. The van der Waals surface area contributed by atoms with Gasteiger partial charge in [-0.1, -0.05) is 0 Å². The topological polar surface area (TPSA) is 349 Å². The highest BCUT2D eigenvalue weighted by molar-refractivity contribution is 5.94. The summed E-state index contributed by atoms with van der Waals surface area (Å²) in [5.41, 5.74) is 37.8. The predicted octanol–water partition coefficient (Wildman–Crippen LogP) is -4.65. The standard InChI is InChI=1S/C23H46N12O6/c24-10-2-1-6-14(33-18(37)13(25)5-3-11-31-22(27)28)19(38)34-15(7-4-12-32-23(29)30)20(39)35-16(21(40)41)8-9-17(26)36/h13-16H,1-12,24-25H2,(H2,26,36)(H,33,37)(H,34,38)(H,35,39)(H,40,41)(H4,27,28,31)(H4,29,30,32). The Kier molecular flexibility index (Phi) is 18.6. The number of hydrogen-bond donors (Lipinski definition) is 11. The van der Waals surface area contributed by atoms with E-state index in [0.717, 1.165) is 0 Å². The Morgan fingerprint density at radius 1 is 0.634 bits per heavy atom. The maximum atomic E-state index is 13.3. The minimum atomic E-state index is -1.43. The zero-order valence-corrected chi connectivity index (χ0v) is 23.2. The second-order valence-electron chi connectivity index (χ2n) is 9.32. The van der Waals surface area contributed by atoms with Crippen molar-refractivity contribution in [3.05, 3.63) is 0 Å². The molecule has 0 aromatic carbocycles. The molecule has 234 valence electrons. The third-order valence-electron chi connectivity index (χ3n) is 5.76. The van der Waals surface area contributed by atoms with E-state index < -0.39 is 53.8 Å². The van der Waals surface area contributed by atoms with Gasteiger partial charge in [0, 0.05) is 19.5 Å². The van der Waals surface area contributed by atoms with E-state index in [2.05, 4.69) is 25.9 Å². The predicted molar refractivity (Wildman–Crippen MR) is 153 cm³/mol. The van der Waals surface area contributed by atoms with Crippen molar-refractivity contribution in [1.29, 1.82) is 0 Å². The second kappa shape index (κ2) is 20.7. The van der Waals surface area contributed by atoms with E-state index in [0.29, 0.717) is 25.8 Å². The molecule has 41 heavy (non-hydrogen) atoms. The van der Waals surface area contributed by atoms with E-state index in [1.165, 1.54) is 0 Å². The molecule has 0 spiro atoms. The van der Waals surface area contributed by atoms with Crippen molar-refractivity contribution in [3.8, 4) is 0 Å². The van der Waals surface area contributed by atoms with Crippen LogP contribution in [0.3, 0.4) is 0 Å². The molecule has 0 aliphatic rings. The van der Waals surface area contributed by atoms with Crippen LogP contribution in [0.1, 0.15) is 57.8 Å². The van der Waals surface area contributed by atoms with Gasteiger partial charge < -0.3 is 61.2 Å². The minimum Gasteiger partial charge on any atom is -0.480 e. The first-order chi connectivity index (χ1) is 19.3. The molecular formula is C23H46N12O6. The van der Waals surface area contributed by atoms with E-state index in [9.17, 15) is 29.1 Å². The normalized spacial score (nSPS) is 13.5. The number of primary amides is 1. The van der Waals surface area contributed by atoms with Gasteiger partial charge in [-0.2, -0.15) is 0 Å². The summed E-state index contributed by atoms with van der Waals surface area (Å²) >= 11 is 0. The molecule has 0 saturated carbocycles. The maximum Gasteiger partial charge on any atom is 0.326 e. The highest BCUT2D eigenvalue weighted by atomic mass is 16.4. The molecule has 0 bridgehead atoms. The largest absolute Gasteiger partial charge is 0.480 e. The summed E-state index contributed by atoms with van der Waals surface area (Å²) in [5.74, 6) is -4.46. The molecule has 0 radical (unpaired) electrons. The fraction of sp³-hybridized carbons (Fsp3) is 0.696. The average Bonchev–Trinajstić information content (AvgIpc) is 2.89. The quantitative estimate of drug-likeness (QED) is 0.0324. The fourth-order valence-electron chi connectivity index (χ4n) is 3.55. The van der Waals surface area contributed by atoms with Crippen molar-refractivity contribution in [2.45, 2.75) is 82.0 Å². The number of rotatable bonds is 22. The van der Waals surface area contributed by atoms with Gasteiger partial charge in [-0.25, -0.2) is 4.79 Å². The number of nitrogens with zero attached hydrogens (tertiary/aromatic N) is 2. The summed E-state index contributed by atoms with van der Waals surface area (Å²) in [4.78, 5) is 69.4. The lowest BCUT2D eigenvalue weighted by Crippen LogP contribution is -2.57. The molecule has 0 aliphatic carbocycles. The van der Waals surface area contributed by atoms with Crippen molar-refractivity contribution in [3.63, 3.8) is 0 Å². The highest BCUT2D eigenvalue weighted by Crippen LogP contribution is 2.07. The van der Waals surface area contributed by atoms with Gasteiger partial charge in [-0.05, 0) is 57.9 Å². The van der Waals surface area contributed by atoms with Crippen LogP contribution in [-0.4, -0.2) is 90.4 Å². The van der Waals surface area contributed by atoms with Crippen LogP contribution in [0.25, 0.3) is 0 Å². The molecule has 18 heteroatoms. The first kappa shape index (κ1) is 36.8. The molecular weight excluding hydrogens is 540 g/mol. The van der Waals surface area contributed by atoms with E-state index in [-0.39, 0.29) is 63.5 Å². The summed E-state index contributed by atoms with van der Waals surface area (Å²) in [6.45, 7) is 0.777. The van der Waals surface area contributed by atoms with Crippen molar-refractivity contribution in [2.75, 3.05) is 19.6 Å². The zero-order chi connectivity index (χ0) is 31.4. The van der Waals surface area contributed by atoms with Crippen LogP contribution in [0.4, 0.5) is 0 Å². The number of carboxylic acid groups (broad SMARTS) is 1. The van der Waals surface area contributed by atoms with Gasteiger partial charge in [0.25, 0.3) is 0 Å². The first-order valence-corrected chi connectivity index (χ1v) is 13.3. The van der Waals surface area contributed by atoms with Crippen LogP contribution in [0.5, 0.6) is 0 Å². The Bertz CT molecular complexity index is 921. The van der Waals surface area contributed by atoms with Gasteiger partial charge in [-0.15, -0.1) is 0 Å². The number of aliphatic carboxylic acids is 1. The number of nitrogens with one attached hydrogen (secondary N) is 3. The summed E-state index contributed by atoms with van der Waals surface area (Å²) in [5, 5.41) is 16.9. The summed E-state index contributed by atoms with van der Waals surface area (Å²) in [6.07, 6.45) is 1.70. The van der Waals surface area contributed by atoms with Gasteiger partial charge in [0.1, 0.15) is 18.1 Å². The molecule has 4 atom stereocenters. The summed E-state index contributed by atoms with van der Waals surface area (Å²) < 4.78 is 0. The maximum absolute atomic E-state index is 13.3. The first-order valence-electron chi connectivity index (χ1n) is 13.3. The lowest BCUT2D eigenvalue weighted by atomic mass is 10.0. The van der Waals surface area contributed by atoms with E-state index in [1.54, 1.807) is 0 Å². The molecule has 18 nitrogen and oxygen atoms in total. The van der Waals surface area contributed by atoms with Gasteiger partial charge in [0.2, 0.25) is 23.6 Å². The number of carbonyl (C=O) groups is 5. The Morgan fingerprint density at radius 3 is 1.56 bits per heavy atom. The van der Waals surface area contributed by atoms with E-state index in [4.69, 9.17) is 40.1 Å². The number of carbonyl (C=O) groups excluding carboxylic acids is 4. The number of nitrogens with two attached hydrogens (primary N) is 7. The van der Waals surface area contributed by atoms with Crippen molar-refractivity contribution >= 4 is 41.5 Å². The molecule has 4 amide bonds. The Hall–Kier alpha value is -4.19. The number of guanidine groups is 2. The molecule has 0 aromatic rings. The summed E-state index contributed by atoms with van der Waals surface area (Å²) in [7, 11) is 0. The van der Waals surface area contributed by atoms with Crippen LogP contribution in [0.2, 0.25) is 0 Å². The third kappa shape index (κ3) is 17.9. The summed E-state index contributed by atoms with van der Waals surface area (Å²) in [6, 6.07) is -4.65. The number of carboxylic acids is 1. The second-order valence-corrected chi connectivity index (χ2v) is 9.32. The molecule has 0 heterocycles. The van der Waals surface area contributed by atoms with Crippen molar-refractivity contribution in [1.82, 2.24) is 16.0 Å². The van der Waals surface area contributed by atoms with Crippen LogP contribution >= 0.6 is 0 Å². The van der Waals surface area contributed by atoms with E-state index >= 15 is 0 Å². The van der Waals surface area contributed by atoms with Crippen LogP contribution < -0.4 is 56.1 Å². The van der Waals surface area contributed by atoms with Crippen LogP contribution in [-0.2, 0) is 24.0 Å². The lowest BCUT2D eigenvalue weighted by Gasteiger charge is -2.25. The Balaban J connectivity index is 5.63. The van der Waals surface area contributed by atoms with Crippen LogP contribution in [0.15, 0.2) is 9.98 Å². The average molecular weight is 587 g/mol. The SMILES string of the molecule is NCCCCC(NC(=O)C(N)CCCN=C(N)N)C(=O)NC(CCCN=C(N)N)C(=O)NC(CCC(N)=O)C(=O)O. The number of hydrogen-bond acceptors (Lipinski definition) is 9. The molecule has 18 N–H and O–H groups in total. The third-order valence-corrected chi connectivity index (χ3v) is 5.76. The van der Waals surface area contributed by atoms with Gasteiger partial charge in [-0.3, -0.25) is 29.2 Å². The monoisotopic (exact) mass is 586 g/mol. The number of unbranched alkanes of at least 4 members (excludes halogenated alkanes) is 1. The zero-order valence-electron chi connectivity index (χ0n) is 23.2. The molecule has 0 rings (SSSR count). The molecule has 0 saturated heterocycles.